The van der Waals surface area contributed by atoms with Gasteiger partial charge in [0.25, 0.3) is 0 Å². The van der Waals surface area contributed by atoms with Crippen molar-refractivity contribution in [3.05, 3.63) is 47.2 Å². The summed E-state index contributed by atoms with van der Waals surface area (Å²) in [6.45, 7) is 0.608. The lowest BCUT2D eigenvalue weighted by molar-refractivity contribution is 0.391. The summed E-state index contributed by atoms with van der Waals surface area (Å²) in [5, 5.41) is 3.84. The average Bonchev–Trinajstić information content (AvgIpc) is 2.46. The molecular formula is C14H15ClN2O2. The van der Waals surface area contributed by atoms with Gasteiger partial charge in [0.15, 0.2) is 0 Å². The van der Waals surface area contributed by atoms with E-state index in [1.807, 2.05) is 24.3 Å². The summed E-state index contributed by atoms with van der Waals surface area (Å²) >= 11 is 6.04. The lowest BCUT2D eigenvalue weighted by atomic mass is 10.2. The number of pyridine rings is 1. The Morgan fingerprint density at radius 2 is 2.05 bits per heavy atom. The Hall–Kier alpha value is -1.94. The van der Waals surface area contributed by atoms with Crippen molar-refractivity contribution in [2.24, 2.45) is 0 Å². The Morgan fingerprint density at radius 1 is 1.21 bits per heavy atom. The Morgan fingerprint density at radius 3 is 2.74 bits per heavy atom. The first kappa shape index (κ1) is 13.5. The number of nitrogens with one attached hydrogen (secondary N) is 1. The first-order valence-electron chi connectivity index (χ1n) is 5.79. The van der Waals surface area contributed by atoms with Crippen LogP contribution >= 0.6 is 11.6 Å². The quantitative estimate of drug-likeness (QED) is 0.911. The molecule has 0 saturated heterocycles. The zero-order valence-electron chi connectivity index (χ0n) is 10.8. The predicted octanol–water partition coefficient (Wildman–Crippen LogP) is 3.36. The minimum atomic E-state index is 0.593. The minimum absolute atomic E-state index is 0.593. The molecule has 0 fully saturated rings. The molecule has 0 unspecified atom stereocenters. The van der Waals surface area contributed by atoms with Gasteiger partial charge in [-0.3, -0.25) is 4.98 Å². The minimum Gasteiger partial charge on any atom is -0.497 e. The summed E-state index contributed by atoms with van der Waals surface area (Å²) < 4.78 is 10.5. The standard InChI is InChI=1S/C14H15ClN2O2/c1-18-11-4-3-10(14(7-11)19-2)8-17-13-5-6-16-9-12(13)15/h3-7,9H,8H2,1-2H3,(H,16,17). The second-order valence-corrected chi connectivity index (χ2v) is 4.29. The van der Waals surface area contributed by atoms with Crippen LogP contribution in [-0.2, 0) is 6.54 Å². The van der Waals surface area contributed by atoms with Crippen molar-refractivity contribution >= 4 is 17.3 Å². The largest absolute Gasteiger partial charge is 0.497 e. The lowest BCUT2D eigenvalue weighted by Crippen LogP contribution is -2.02. The topological polar surface area (TPSA) is 43.4 Å². The zero-order valence-corrected chi connectivity index (χ0v) is 11.6. The van der Waals surface area contributed by atoms with E-state index in [9.17, 15) is 0 Å². The molecule has 0 aliphatic heterocycles. The maximum Gasteiger partial charge on any atom is 0.127 e. The molecule has 2 rings (SSSR count). The van der Waals surface area contributed by atoms with Crippen LogP contribution in [-0.4, -0.2) is 19.2 Å². The van der Waals surface area contributed by atoms with E-state index >= 15 is 0 Å². The molecule has 2 aromatic rings. The van der Waals surface area contributed by atoms with Crippen LogP contribution in [0, 0.1) is 0 Å². The van der Waals surface area contributed by atoms with E-state index in [4.69, 9.17) is 21.1 Å². The SMILES string of the molecule is COc1ccc(CNc2ccncc2Cl)c(OC)c1. The molecule has 1 N–H and O–H groups in total. The molecule has 0 amide bonds. The normalized spacial score (nSPS) is 10.1. The first-order chi connectivity index (χ1) is 9.24. The van der Waals surface area contributed by atoms with Gasteiger partial charge < -0.3 is 14.8 Å². The Kier molecular flexibility index (Phi) is 4.47. The molecule has 0 radical (unpaired) electrons. The molecule has 19 heavy (non-hydrogen) atoms. The number of methoxy groups -OCH3 is 2. The third kappa shape index (κ3) is 3.29. The molecule has 100 valence electrons. The summed E-state index contributed by atoms with van der Waals surface area (Å²) in [5.74, 6) is 1.54. The summed E-state index contributed by atoms with van der Waals surface area (Å²) in [7, 11) is 3.27. The van der Waals surface area contributed by atoms with Crippen LogP contribution in [0.15, 0.2) is 36.7 Å². The fourth-order valence-corrected chi connectivity index (χ4v) is 1.89. The average molecular weight is 279 g/mol. The van der Waals surface area contributed by atoms with Crippen molar-refractivity contribution in [2.75, 3.05) is 19.5 Å². The molecule has 0 atom stereocenters. The maximum absolute atomic E-state index is 6.04. The fourth-order valence-electron chi connectivity index (χ4n) is 1.71. The molecule has 0 spiro atoms. The highest BCUT2D eigenvalue weighted by molar-refractivity contribution is 6.33. The van der Waals surface area contributed by atoms with Gasteiger partial charge in [-0.2, -0.15) is 0 Å². The van der Waals surface area contributed by atoms with E-state index in [-0.39, 0.29) is 0 Å². The van der Waals surface area contributed by atoms with Crippen molar-refractivity contribution < 1.29 is 9.47 Å². The van der Waals surface area contributed by atoms with Crippen molar-refractivity contribution in [2.45, 2.75) is 6.54 Å². The fraction of sp³-hybridized carbons (Fsp3) is 0.214. The lowest BCUT2D eigenvalue weighted by Gasteiger charge is -2.12. The molecule has 0 aliphatic carbocycles. The van der Waals surface area contributed by atoms with Gasteiger partial charge in [0.2, 0.25) is 0 Å². The molecule has 1 aromatic heterocycles. The third-order valence-electron chi connectivity index (χ3n) is 2.74. The van der Waals surface area contributed by atoms with Crippen LogP contribution < -0.4 is 14.8 Å². The van der Waals surface area contributed by atoms with Crippen molar-refractivity contribution in [3.63, 3.8) is 0 Å². The predicted molar refractivity (Wildman–Crippen MR) is 76.1 cm³/mol. The molecule has 0 aliphatic rings. The Bertz CT molecular complexity index is 561. The number of hydrogen-bond acceptors (Lipinski definition) is 4. The van der Waals surface area contributed by atoms with Crippen LogP contribution in [0.25, 0.3) is 0 Å². The summed E-state index contributed by atoms with van der Waals surface area (Å²) in [6, 6.07) is 7.54. The zero-order chi connectivity index (χ0) is 13.7. The van der Waals surface area contributed by atoms with E-state index in [2.05, 4.69) is 10.3 Å². The van der Waals surface area contributed by atoms with Gasteiger partial charge in [0, 0.05) is 30.6 Å². The number of anilines is 1. The van der Waals surface area contributed by atoms with E-state index in [1.54, 1.807) is 26.6 Å². The van der Waals surface area contributed by atoms with Crippen LogP contribution in [0.5, 0.6) is 11.5 Å². The second kappa shape index (κ2) is 6.29. The summed E-state index contributed by atoms with van der Waals surface area (Å²) in [4.78, 5) is 3.94. The highest BCUT2D eigenvalue weighted by Crippen LogP contribution is 2.26. The number of aromatic nitrogens is 1. The highest BCUT2D eigenvalue weighted by atomic mass is 35.5. The van der Waals surface area contributed by atoms with Crippen LogP contribution in [0.4, 0.5) is 5.69 Å². The number of benzene rings is 1. The molecule has 4 nitrogen and oxygen atoms in total. The number of ether oxygens (including phenoxy) is 2. The number of rotatable bonds is 5. The van der Waals surface area contributed by atoms with Gasteiger partial charge in [-0.25, -0.2) is 0 Å². The number of hydrogen-bond donors (Lipinski definition) is 1. The van der Waals surface area contributed by atoms with Gasteiger partial charge >= 0.3 is 0 Å². The monoisotopic (exact) mass is 278 g/mol. The van der Waals surface area contributed by atoms with Gasteiger partial charge in [0.1, 0.15) is 11.5 Å². The number of halogens is 1. The molecule has 0 bridgehead atoms. The maximum atomic E-state index is 6.04. The van der Waals surface area contributed by atoms with E-state index in [0.717, 1.165) is 22.7 Å². The first-order valence-corrected chi connectivity index (χ1v) is 6.16. The van der Waals surface area contributed by atoms with Crippen molar-refractivity contribution in [1.29, 1.82) is 0 Å². The molecule has 1 heterocycles. The van der Waals surface area contributed by atoms with Gasteiger partial charge in [-0.1, -0.05) is 11.6 Å². The van der Waals surface area contributed by atoms with Crippen molar-refractivity contribution in [1.82, 2.24) is 4.98 Å². The van der Waals surface area contributed by atoms with E-state index in [0.29, 0.717) is 11.6 Å². The third-order valence-corrected chi connectivity index (χ3v) is 3.04. The molecule has 5 heteroatoms. The molecule has 1 aromatic carbocycles. The van der Waals surface area contributed by atoms with Gasteiger partial charge in [-0.15, -0.1) is 0 Å². The number of nitrogens with zero attached hydrogens (tertiary/aromatic N) is 1. The van der Waals surface area contributed by atoms with Crippen LogP contribution in [0.1, 0.15) is 5.56 Å². The molecular weight excluding hydrogens is 264 g/mol. The van der Waals surface area contributed by atoms with E-state index in [1.165, 1.54) is 0 Å². The highest BCUT2D eigenvalue weighted by Gasteiger charge is 2.06. The summed E-state index contributed by atoms with van der Waals surface area (Å²) in [5.41, 5.74) is 1.87. The second-order valence-electron chi connectivity index (χ2n) is 3.89. The van der Waals surface area contributed by atoms with Crippen LogP contribution in [0.3, 0.4) is 0 Å². The Balaban J connectivity index is 2.13. The van der Waals surface area contributed by atoms with Gasteiger partial charge in [-0.05, 0) is 18.2 Å². The van der Waals surface area contributed by atoms with Gasteiger partial charge in [0.05, 0.1) is 24.9 Å². The smallest absolute Gasteiger partial charge is 0.127 e. The van der Waals surface area contributed by atoms with Crippen molar-refractivity contribution in [3.8, 4) is 11.5 Å². The summed E-state index contributed by atoms with van der Waals surface area (Å²) in [6.07, 6.45) is 3.30. The van der Waals surface area contributed by atoms with Crippen LogP contribution in [0.2, 0.25) is 5.02 Å². The Labute approximate surface area is 117 Å². The van der Waals surface area contributed by atoms with E-state index < -0.39 is 0 Å². The molecule has 0 saturated carbocycles.